The summed E-state index contributed by atoms with van der Waals surface area (Å²) in [4.78, 5) is 38.2. The predicted molar refractivity (Wildman–Crippen MR) is 152 cm³/mol. The van der Waals surface area contributed by atoms with Crippen LogP contribution in [0.4, 0.5) is 4.79 Å². The van der Waals surface area contributed by atoms with Crippen molar-refractivity contribution < 1.29 is 29.0 Å². The van der Waals surface area contributed by atoms with Crippen LogP contribution in [0.15, 0.2) is 78.9 Å². The molecule has 4 atom stereocenters. The van der Waals surface area contributed by atoms with Crippen molar-refractivity contribution in [3.05, 3.63) is 95.6 Å². The van der Waals surface area contributed by atoms with Gasteiger partial charge in [0, 0.05) is 5.92 Å². The Morgan fingerprint density at radius 2 is 1.40 bits per heavy atom. The standard InChI is InChI=1S/C32H36N2O6/c1-4-20(2)28(31(36)37)33-30(35)29(21(3)39-18-22-12-6-5-7-13-22)34-32(38)40-19-27-25-16-10-8-14-23(25)24-15-9-11-17-26(24)27/h5-17,20-21,27-29H,4,18-19H2,1-3H3,(H,33,35)(H,34,38)(H,36,37)/t20?,21-,28-,29+/m0/s1. The first-order valence-corrected chi connectivity index (χ1v) is 13.6. The van der Waals surface area contributed by atoms with E-state index in [1.165, 1.54) is 0 Å². The van der Waals surface area contributed by atoms with Crippen LogP contribution in [0, 0.1) is 5.92 Å². The van der Waals surface area contributed by atoms with Gasteiger partial charge in [-0.3, -0.25) is 4.79 Å². The Hall–Kier alpha value is -4.17. The van der Waals surface area contributed by atoms with Crippen molar-refractivity contribution in [1.29, 1.82) is 0 Å². The number of fused-ring (bicyclic) bond motifs is 3. The lowest BCUT2D eigenvalue weighted by molar-refractivity contribution is -0.144. The summed E-state index contributed by atoms with van der Waals surface area (Å²) in [6.45, 7) is 5.56. The number of carbonyl (C=O) groups is 3. The molecule has 8 nitrogen and oxygen atoms in total. The van der Waals surface area contributed by atoms with Gasteiger partial charge in [0.25, 0.3) is 0 Å². The van der Waals surface area contributed by atoms with Crippen molar-refractivity contribution in [2.45, 2.75) is 57.9 Å². The van der Waals surface area contributed by atoms with Crippen molar-refractivity contribution in [1.82, 2.24) is 10.6 Å². The molecule has 0 radical (unpaired) electrons. The summed E-state index contributed by atoms with van der Waals surface area (Å²) in [7, 11) is 0. The number of carboxylic acid groups (broad SMARTS) is 1. The zero-order chi connectivity index (χ0) is 28.6. The molecule has 0 saturated carbocycles. The van der Waals surface area contributed by atoms with Crippen molar-refractivity contribution in [3.8, 4) is 11.1 Å². The van der Waals surface area contributed by atoms with Gasteiger partial charge in [-0.1, -0.05) is 99.1 Å². The Labute approximate surface area is 234 Å². The van der Waals surface area contributed by atoms with Gasteiger partial charge in [-0.05, 0) is 40.7 Å². The van der Waals surface area contributed by atoms with Crippen LogP contribution in [-0.4, -0.2) is 47.9 Å². The molecule has 4 rings (SSSR count). The lowest BCUT2D eigenvalue weighted by Gasteiger charge is -2.28. The number of carbonyl (C=O) groups excluding carboxylic acids is 2. The maximum absolute atomic E-state index is 13.3. The van der Waals surface area contributed by atoms with Crippen LogP contribution < -0.4 is 10.6 Å². The molecule has 40 heavy (non-hydrogen) atoms. The molecule has 0 bridgehead atoms. The lowest BCUT2D eigenvalue weighted by atomic mass is 9.98. The molecule has 1 aliphatic carbocycles. The monoisotopic (exact) mass is 544 g/mol. The smallest absolute Gasteiger partial charge is 0.407 e. The fourth-order valence-electron chi connectivity index (χ4n) is 4.99. The van der Waals surface area contributed by atoms with Crippen LogP contribution in [0.3, 0.4) is 0 Å². The quantitative estimate of drug-likeness (QED) is 0.292. The van der Waals surface area contributed by atoms with E-state index in [2.05, 4.69) is 22.8 Å². The summed E-state index contributed by atoms with van der Waals surface area (Å²) in [5, 5.41) is 14.9. The largest absolute Gasteiger partial charge is 0.480 e. The molecule has 8 heteroatoms. The number of ether oxygens (including phenoxy) is 2. The summed E-state index contributed by atoms with van der Waals surface area (Å²) in [6, 6.07) is 23.2. The average molecular weight is 545 g/mol. The Morgan fingerprint density at radius 3 is 1.98 bits per heavy atom. The number of benzene rings is 3. The molecule has 3 N–H and O–H groups in total. The molecule has 1 aliphatic rings. The van der Waals surface area contributed by atoms with Crippen LogP contribution in [0.5, 0.6) is 0 Å². The van der Waals surface area contributed by atoms with E-state index in [-0.39, 0.29) is 25.0 Å². The molecule has 0 saturated heterocycles. The van der Waals surface area contributed by atoms with E-state index in [9.17, 15) is 19.5 Å². The second-order valence-corrected chi connectivity index (χ2v) is 10.2. The maximum Gasteiger partial charge on any atom is 0.407 e. The van der Waals surface area contributed by atoms with E-state index in [1.807, 2.05) is 73.7 Å². The minimum absolute atomic E-state index is 0.0814. The summed E-state index contributed by atoms with van der Waals surface area (Å²) >= 11 is 0. The van der Waals surface area contributed by atoms with Gasteiger partial charge in [0.15, 0.2) is 0 Å². The Balaban J connectivity index is 1.47. The van der Waals surface area contributed by atoms with Crippen molar-refractivity contribution in [3.63, 3.8) is 0 Å². The molecule has 210 valence electrons. The van der Waals surface area contributed by atoms with E-state index in [4.69, 9.17) is 9.47 Å². The SMILES string of the molecule is CCC(C)[C@H](NC(=O)[C@H](NC(=O)OCC1c2ccccc2-c2ccccc21)[C@H](C)OCc1ccccc1)C(=O)O. The van der Waals surface area contributed by atoms with E-state index in [0.717, 1.165) is 27.8 Å². The molecule has 2 amide bonds. The van der Waals surface area contributed by atoms with Gasteiger partial charge in [0.1, 0.15) is 18.7 Å². The maximum atomic E-state index is 13.3. The highest BCUT2D eigenvalue weighted by atomic mass is 16.5. The molecular formula is C32H36N2O6. The third-order valence-corrected chi connectivity index (χ3v) is 7.50. The van der Waals surface area contributed by atoms with Crippen LogP contribution in [-0.2, 0) is 25.7 Å². The molecule has 1 unspecified atom stereocenters. The van der Waals surface area contributed by atoms with Gasteiger partial charge in [-0.2, -0.15) is 0 Å². The molecule has 0 spiro atoms. The second kappa shape index (κ2) is 13.3. The first kappa shape index (κ1) is 28.8. The molecule has 3 aromatic rings. The van der Waals surface area contributed by atoms with Gasteiger partial charge in [-0.25, -0.2) is 9.59 Å². The highest BCUT2D eigenvalue weighted by Gasteiger charge is 2.34. The average Bonchev–Trinajstić information content (AvgIpc) is 3.29. The number of alkyl carbamates (subject to hydrolysis) is 1. The van der Waals surface area contributed by atoms with Gasteiger partial charge in [0.05, 0.1) is 12.7 Å². The van der Waals surface area contributed by atoms with Crippen LogP contribution in [0.25, 0.3) is 11.1 Å². The summed E-state index contributed by atoms with van der Waals surface area (Å²) < 4.78 is 11.6. The minimum Gasteiger partial charge on any atom is -0.480 e. The summed E-state index contributed by atoms with van der Waals surface area (Å²) in [5.74, 6) is -2.24. The van der Waals surface area contributed by atoms with Crippen molar-refractivity contribution in [2.24, 2.45) is 5.92 Å². The minimum atomic E-state index is -1.18. The van der Waals surface area contributed by atoms with Gasteiger partial charge in [-0.15, -0.1) is 0 Å². The van der Waals surface area contributed by atoms with Gasteiger partial charge < -0.3 is 25.2 Å². The lowest BCUT2D eigenvalue weighted by Crippen LogP contribution is -2.57. The molecule has 0 fully saturated rings. The fourth-order valence-corrected chi connectivity index (χ4v) is 4.99. The Kier molecular flexibility index (Phi) is 9.56. The number of hydrogen-bond donors (Lipinski definition) is 3. The molecule has 3 aromatic carbocycles. The molecular weight excluding hydrogens is 508 g/mol. The van der Waals surface area contributed by atoms with Crippen LogP contribution in [0.2, 0.25) is 0 Å². The second-order valence-electron chi connectivity index (χ2n) is 10.2. The number of aliphatic carboxylic acids is 1. The fraction of sp³-hybridized carbons (Fsp3) is 0.344. The van der Waals surface area contributed by atoms with E-state index in [0.29, 0.717) is 6.42 Å². The van der Waals surface area contributed by atoms with Crippen molar-refractivity contribution in [2.75, 3.05) is 6.61 Å². The zero-order valence-corrected chi connectivity index (χ0v) is 23.0. The first-order valence-electron chi connectivity index (χ1n) is 13.6. The highest BCUT2D eigenvalue weighted by Crippen LogP contribution is 2.44. The van der Waals surface area contributed by atoms with Crippen LogP contribution >= 0.6 is 0 Å². The predicted octanol–water partition coefficient (Wildman–Crippen LogP) is 5.11. The third-order valence-electron chi connectivity index (χ3n) is 7.50. The number of carboxylic acids is 1. The van der Waals surface area contributed by atoms with Crippen LogP contribution in [0.1, 0.15) is 49.8 Å². The molecule has 0 aromatic heterocycles. The Morgan fingerprint density at radius 1 is 0.825 bits per heavy atom. The number of rotatable bonds is 12. The molecule has 0 aliphatic heterocycles. The zero-order valence-electron chi connectivity index (χ0n) is 23.0. The highest BCUT2D eigenvalue weighted by molar-refractivity contribution is 5.90. The van der Waals surface area contributed by atoms with Gasteiger partial charge in [0.2, 0.25) is 5.91 Å². The molecule has 0 heterocycles. The van der Waals surface area contributed by atoms with E-state index >= 15 is 0 Å². The van der Waals surface area contributed by atoms with E-state index < -0.39 is 36.2 Å². The number of hydrogen-bond acceptors (Lipinski definition) is 5. The topological polar surface area (TPSA) is 114 Å². The number of nitrogens with one attached hydrogen (secondary N) is 2. The number of amides is 2. The normalized spacial score (nSPS) is 15.2. The summed E-state index contributed by atoms with van der Waals surface area (Å²) in [6.07, 6.45) is -0.999. The van der Waals surface area contributed by atoms with Gasteiger partial charge >= 0.3 is 12.1 Å². The Bertz CT molecular complexity index is 1280. The third kappa shape index (κ3) is 6.69. The van der Waals surface area contributed by atoms with Crippen molar-refractivity contribution >= 4 is 18.0 Å². The summed E-state index contributed by atoms with van der Waals surface area (Å²) in [5.41, 5.74) is 5.26. The van der Waals surface area contributed by atoms with E-state index in [1.54, 1.807) is 13.8 Å². The first-order chi connectivity index (χ1) is 19.3.